The smallest absolute Gasteiger partial charge is 0.196 e. The molecule has 0 heterocycles. The fourth-order valence-electron chi connectivity index (χ4n) is 1.82. The lowest BCUT2D eigenvalue weighted by atomic mass is 9.98. The van der Waals surface area contributed by atoms with Crippen LogP contribution in [0.4, 0.5) is 0 Å². The van der Waals surface area contributed by atoms with Gasteiger partial charge in [-0.3, -0.25) is 9.59 Å². The van der Waals surface area contributed by atoms with Crippen molar-refractivity contribution in [2.75, 3.05) is 0 Å². The number of ketones is 2. The van der Waals surface area contributed by atoms with Crippen molar-refractivity contribution in [2.45, 2.75) is 6.92 Å². The van der Waals surface area contributed by atoms with Crippen molar-refractivity contribution in [1.29, 1.82) is 0 Å². The van der Waals surface area contributed by atoms with Gasteiger partial charge in [-0.25, -0.2) is 0 Å². The van der Waals surface area contributed by atoms with E-state index in [1.807, 2.05) is 12.1 Å². The van der Waals surface area contributed by atoms with Crippen LogP contribution < -0.4 is 0 Å². The minimum absolute atomic E-state index is 0.129. The van der Waals surface area contributed by atoms with Gasteiger partial charge in [-0.15, -0.1) is 0 Å². The van der Waals surface area contributed by atoms with Gasteiger partial charge in [0.1, 0.15) is 0 Å². The highest BCUT2D eigenvalue weighted by Gasteiger charge is 2.16. The summed E-state index contributed by atoms with van der Waals surface area (Å²) in [5, 5.41) is 0.507. The van der Waals surface area contributed by atoms with Crippen LogP contribution in [0.3, 0.4) is 0 Å². The molecule has 0 aliphatic rings. The lowest BCUT2D eigenvalue weighted by Crippen LogP contribution is -2.10. The third kappa shape index (κ3) is 3.22. The normalized spacial score (nSPS) is 11.2. The highest BCUT2D eigenvalue weighted by atomic mass is 35.5. The van der Waals surface area contributed by atoms with E-state index in [0.717, 1.165) is 0 Å². The average Bonchev–Trinajstić information content (AvgIpc) is 2.46. The number of carbonyl (C=O) groups is 2. The van der Waals surface area contributed by atoms with E-state index in [4.69, 9.17) is 11.6 Å². The van der Waals surface area contributed by atoms with E-state index in [1.165, 1.54) is 6.92 Å². The van der Waals surface area contributed by atoms with Gasteiger partial charge in [0.2, 0.25) is 0 Å². The highest BCUT2D eigenvalue weighted by Crippen LogP contribution is 2.20. The van der Waals surface area contributed by atoms with Gasteiger partial charge in [0.25, 0.3) is 0 Å². The van der Waals surface area contributed by atoms with Crippen LogP contribution in [0.25, 0.3) is 6.08 Å². The van der Waals surface area contributed by atoms with E-state index in [9.17, 15) is 9.59 Å². The number of carbonyl (C=O) groups excluding carboxylic acids is 2. The molecule has 0 bridgehead atoms. The quantitative estimate of drug-likeness (QED) is 0.365. The van der Waals surface area contributed by atoms with Crippen LogP contribution in [0, 0.1) is 0 Å². The summed E-state index contributed by atoms with van der Waals surface area (Å²) in [7, 11) is 0. The summed E-state index contributed by atoms with van der Waals surface area (Å²) in [5.74, 6) is -0.572. The number of hydrogen-bond acceptors (Lipinski definition) is 2. The summed E-state index contributed by atoms with van der Waals surface area (Å²) in [5.41, 5.74) is 1.27. The summed E-state index contributed by atoms with van der Waals surface area (Å²) in [6, 6.07) is 15.8. The molecule has 0 amide bonds. The predicted molar refractivity (Wildman–Crippen MR) is 80.9 cm³/mol. The second kappa shape index (κ2) is 6.31. The summed E-state index contributed by atoms with van der Waals surface area (Å²) >= 11 is 6.06. The van der Waals surface area contributed by atoms with Crippen LogP contribution in [0.2, 0.25) is 5.02 Å². The zero-order valence-corrected chi connectivity index (χ0v) is 11.7. The number of allylic oxidation sites excluding steroid dienone is 1. The molecule has 0 aromatic heterocycles. The molecule has 0 fully saturated rings. The van der Waals surface area contributed by atoms with Gasteiger partial charge < -0.3 is 0 Å². The molecule has 20 heavy (non-hydrogen) atoms. The first-order chi connectivity index (χ1) is 9.59. The van der Waals surface area contributed by atoms with Crippen molar-refractivity contribution in [3.05, 3.63) is 76.3 Å². The van der Waals surface area contributed by atoms with Gasteiger partial charge in [0.05, 0.1) is 5.57 Å². The van der Waals surface area contributed by atoms with Crippen molar-refractivity contribution >= 4 is 29.2 Å². The first-order valence-electron chi connectivity index (χ1n) is 6.16. The minimum Gasteiger partial charge on any atom is -0.294 e. The van der Waals surface area contributed by atoms with Crippen molar-refractivity contribution in [2.24, 2.45) is 0 Å². The monoisotopic (exact) mass is 284 g/mol. The Hall–Kier alpha value is -2.19. The fourth-order valence-corrected chi connectivity index (χ4v) is 2.01. The Morgan fingerprint density at radius 2 is 1.55 bits per heavy atom. The number of benzene rings is 2. The van der Waals surface area contributed by atoms with Gasteiger partial charge in [-0.1, -0.05) is 60.1 Å². The van der Waals surface area contributed by atoms with E-state index >= 15 is 0 Å². The Bertz CT molecular complexity index is 672. The van der Waals surface area contributed by atoms with Crippen LogP contribution in [0.5, 0.6) is 0 Å². The Balaban J connectivity index is 2.45. The first kappa shape index (κ1) is 14.2. The zero-order valence-electron chi connectivity index (χ0n) is 11.0. The first-order valence-corrected chi connectivity index (χ1v) is 6.54. The Kier molecular flexibility index (Phi) is 4.49. The third-order valence-corrected chi connectivity index (χ3v) is 3.21. The second-order valence-corrected chi connectivity index (χ2v) is 4.74. The van der Waals surface area contributed by atoms with Crippen LogP contribution in [-0.2, 0) is 4.79 Å². The fraction of sp³-hybridized carbons (Fsp3) is 0.0588. The van der Waals surface area contributed by atoms with E-state index in [0.29, 0.717) is 16.1 Å². The zero-order chi connectivity index (χ0) is 14.5. The molecule has 2 aromatic carbocycles. The molecule has 0 N–H and O–H groups in total. The lowest BCUT2D eigenvalue weighted by molar-refractivity contribution is -0.113. The van der Waals surface area contributed by atoms with Crippen molar-refractivity contribution in [1.82, 2.24) is 0 Å². The number of Topliss-reactive ketones (excluding diaryl/α,β-unsaturated/α-hetero) is 2. The molecule has 2 aromatic rings. The van der Waals surface area contributed by atoms with Gasteiger partial charge in [-0.2, -0.15) is 0 Å². The second-order valence-electron chi connectivity index (χ2n) is 4.33. The molecule has 0 unspecified atom stereocenters. The van der Waals surface area contributed by atoms with E-state index in [-0.39, 0.29) is 17.1 Å². The SMILES string of the molecule is CC(=O)C(=Cc1ccccc1Cl)C(=O)c1ccccc1. The molecule has 0 spiro atoms. The standard InChI is InChI=1S/C17H13ClO2/c1-12(19)15(11-14-9-5-6-10-16(14)18)17(20)13-7-3-2-4-8-13/h2-11H,1H3. The molecular weight excluding hydrogens is 272 g/mol. The molecule has 0 saturated heterocycles. The molecule has 0 aliphatic heterocycles. The van der Waals surface area contributed by atoms with E-state index < -0.39 is 0 Å². The largest absolute Gasteiger partial charge is 0.294 e. The molecular formula is C17H13ClO2. The van der Waals surface area contributed by atoms with Crippen molar-refractivity contribution in [3.8, 4) is 0 Å². The van der Waals surface area contributed by atoms with Crippen molar-refractivity contribution < 1.29 is 9.59 Å². The maximum Gasteiger partial charge on any atom is 0.196 e. The molecule has 100 valence electrons. The predicted octanol–water partition coefficient (Wildman–Crippen LogP) is 4.20. The minimum atomic E-state index is -0.294. The van der Waals surface area contributed by atoms with Crippen LogP contribution in [0.1, 0.15) is 22.8 Å². The lowest BCUT2D eigenvalue weighted by Gasteiger charge is -2.04. The van der Waals surface area contributed by atoms with Crippen LogP contribution in [0.15, 0.2) is 60.2 Å². The molecule has 0 aliphatic carbocycles. The maximum atomic E-state index is 12.4. The molecule has 0 saturated carbocycles. The maximum absolute atomic E-state index is 12.4. The Morgan fingerprint density at radius 1 is 0.950 bits per heavy atom. The van der Waals surface area contributed by atoms with Crippen molar-refractivity contribution in [3.63, 3.8) is 0 Å². The molecule has 3 heteroatoms. The Morgan fingerprint density at radius 3 is 2.15 bits per heavy atom. The Labute approximate surface area is 122 Å². The van der Waals surface area contributed by atoms with Gasteiger partial charge >= 0.3 is 0 Å². The molecule has 0 atom stereocenters. The number of hydrogen-bond donors (Lipinski definition) is 0. The van der Waals surface area contributed by atoms with Gasteiger partial charge in [0, 0.05) is 10.6 Å². The topological polar surface area (TPSA) is 34.1 Å². The molecule has 2 rings (SSSR count). The van der Waals surface area contributed by atoms with Gasteiger partial charge in [-0.05, 0) is 24.6 Å². The van der Waals surface area contributed by atoms with E-state index in [1.54, 1.807) is 48.5 Å². The molecule has 0 radical (unpaired) electrons. The summed E-state index contributed by atoms with van der Waals surface area (Å²) in [4.78, 5) is 24.1. The summed E-state index contributed by atoms with van der Waals surface area (Å²) < 4.78 is 0. The number of rotatable bonds is 4. The summed E-state index contributed by atoms with van der Waals surface area (Å²) in [6.07, 6.45) is 1.54. The summed E-state index contributed by atoms with van der Waals surface area (Å²) in [6.45, 7) is 1.38. The van der Waals surface area contributed by atoms with Crippen LogP contribution >= 0.6 is 11.6 Å². The highest BCUT2D eigenvalue weighted by molar-refractivity contribution is 6.33. The van der Waals surface area contributed by atoms with E-state index in [2.05, 4.69) is 0 Å². The molecule has 2 nitrogen and oxygen atoms in total. The third-order valence-electron chi connectivity index (χ3n) is 2.86. The average molecular weight is 285 g/mol. The van der Waals surface area contributed by atoms with Crippen LogP contribution in [-0.4, -0.2) is 11.6 Å². The van der Waals surface area contributed by atoms with Gasteiger partial charge in [0.15, 0.2) is 11.6 Å². The number of halogens is 1.